The zero-order valence-corrected chi connectivity index (χ0v) is 10.6. The number of pyridine rings is 1. The molecule has 0 atom stereocenters. The van der Waals surface area contributed by atoms with E-state index in [1.165, 1.54) is 10.6 Å². The van der Waals surface area contributed by atoms with Gasteiger partial charge in [0.25, 0.3) is 5.56 Å². The molecule has 4 heteroatoms. The van der Waals surface area contributed by atoms with Gasteiger partial charge in [0.05, 0.1) is 6.54 Å². The van der Waals surface area contributed by atoms with E-state index in [9.17, 15) is 9.59 Å². The zero-order chi connectivity index (χ0) is 13.1. The number of hydrogen-bond acceptors (Lipinski definition) is 2. The number of halogens is 1. The number of rotatable bonds is 3. The molecule has 2 aromatic rings. The fourth-order valence-electron chi connectivity index (χ4n) is 1.70. The van der Waals surface area contributed by atoms with Gasteiger partial charge in [-0.1, -0.05) is 17.7 Å². The monoisotopic (exact) mass is 261 g/mol. The molecule has 0 unspecified atom stereocenters. The molecule has 0 saturated heterocycles. The SMILES string of the molecule is Cc1cccc(=O)n1CC(=O)c1ccc(Cl)cc1. The molecule has 0 spiro atoms. The van der Waals surface area contributed by atoms with E-state index in [0.717, 1.165) is 5.69 Å². The molecule has 0 aliphatic heterocycles. The first-order valence-electron chi connectivity index (χ1n) is 5.53. The van der Waals surface area contributed by atoms with Crippen molar-refractivity contribution in [1.29, 1.82) is 0 Å². The second-order valence-corrected chi connectivity index (χ2v) is 4.46. The molecule has 0 aliphatic rings. The van der Waals surface area contributed by atoms with Gasteiger partial charge in [-0.25, -0.2) is 0 Å². The lowest BCUT2D eigenvalue weighted by Crippen LogP contribution is -2.25. The van der Waals surface area contributed by atoms with Gasteiger partial charge in [0, 0.05) is 22.3 Å². The first kappa shape index (κ1) is 12.6. The molecule has 2 rings (SSSR count). The maximum absolute atomic E-state index is 12.0. The Labute approximate surface area is 110 Å². The largest absolute Gasteiger partial charge is 0.305 e. The lowest BCUT2D eigenvalue weighted by atomic mass is 10.1. The lowest BCUT2D eigenvalue weighted by molar-refractivity contribution is 0.0970. The maximum atomic E-state index is 12.0. The van der Waals surface area contributed by atoms with Crippen LogP contribution in [0.1, 0.15) is 16.1 Å². The van der Waals surface area contributed by atoms with Crippen LogP contribution in [0.5, 0.6) is 0 Å². The number of benzene rings is 1. The first-order valence-corrected chi connectivity index (χ1v) is 5.91. The Hall–Kier alpha value is -1.87. The van der Waals surface area contributed by atoms with E-state index in [1.807, 2.05) is 0 Å². The molecule has 1 aromatic heterocycles. The molecular formula is C14H12ClNO2. The fourth-order valence-corrected chi connectivity index (χ4v) is 1.82. The molecule has 0 N–H and O–H groups in total. The Morgan fingerprint density at radius 3 is 2.44 bits per heavy atom. The van der Waals surface area contributed by atoms with Crippen molar-refractivity contribution in [3.05, 3.63) is 69.1 Å². The van der Waals surface area contributed by atoms with Crippen molar-refractivity contribution in [3.63, 3.8) is 0 Å². The Kier molecular flexibility index (Phi) is 3.63. The Morgan fingerprint density at radius 1 is 1.17 bits per heavy atom. The number of ketones is 1. The highest BCUT2D eigenvalue weighted by molar-refractivity contribution is 6.30. The normalized spacial score (nSPS) is 10.3. The average Bonchev–Trinajstić information content (AvgIpc) is 2.34. The summed E-state index contributed by atoms with van der Waals surface area (Å²) in [5.74, 6) is -0.108. The van der Waals surface area contributed by atoms with Crippen LogP contribution in [0, 0.1) is 6.92 Å². The highest BCUT2D eigenvalue weighted by Crippen LogP contribution is 2.10. The quantitative estimate of drug-likeness (QED) is 0.797. The van der Waals surface area contributed by atoms with E-state index in [-0.39, 0.29) is 17.9 Å². The fraction of sp³-hybridized carbons (Fsp3) is 0.143. The van der Waals surface area contributed by atoms with Gasteiger partial charge in [-0.15, -0.1) is 0 Å². The number of hydrogen-bond donors (Lipinski definition) is 0. The van der Waals surface area contributed by atoms with Crippen LogP contribution in [0.3, 0.4) is 0 Å². The molecule has 1 aromatic carbocycles. The molecule has 3 nitrogen and oxygen atoms in total. The summed E-state index contributed by atoms with van der Waals surface area (Å²) in [6.45, 7) is 1.85. The number of nitrogens with zero attached hydrogens (tertiary/aromatic N) is 1. The van der Waals surface area contributed by atoms with Crippen molar-refractivity contribution in [3.8, 4) is 0 Å². The topological polar surface area (TPSA) is 39.1 Å². The first-order chi connectivity index (χ1) is 8.58. The molecule has 0 amide bonds. The molecule has 0 radical (unpaired) electrons. The molecule has 0 saturated carbocycles. The Bertz CT molecular complexity index is 629. The van der Waals surface area contributed by atoms with E-state index >= 15 is 0 Å². The average molecular weight is 262 g/mol. The van der Waals surface area contributed by atoms with Crippen LogP contribution < -0.4 is 5.56 Å². The van der Waals surface area contributed by atoms with Crippen molar-refractivity contribution in [1.82, 2.24) is 4.57 Å². The van der Waals surface area contributed by atoms with Crippen LogP contribution in [0.15, 0.2) is 47.3 Å². The van der Waals surface area contributed by atoms with Crippen LogP contribution in [-0.2, 0) is 6.54 Å². The number of Topliss-reactive ketones (excluding diaryl/α,β-unsaturated/α-hetero) is 1. The highest BCUT2D eigenvalue weighted by Gasteiger charge is 2.08. The van der Waals surface area contributed by atoms with Gasteiger partial charge in [-0.3, -0.25) is 9.59 Å². The predicted octanol–water partition coefficient (Wildman–Crippen LogP) is 2.69. The zero-order valence-electron chi connectivity index (χ0n) is 9.89. The molecule has 1 heterocycles. The summed E-state index contributed by atoms with van der Waals surface area (Å²) >= 11 is 5.76. The van der Waals surface area contributed by atoms with Crippen LogP contribution in [0.25, 0.3) is 0 Å². The minimum Gasteiger partial charge on any atom is -0.305 e. The standard InChI is InChI=1S/C14H12ClNO2/c1-10-3-2-4-14(18)16(10)9-13(17)11-5-7-12(15)8-6-11/h2-8H,9H2,1H3. The maximum Gasteiger partial charge on any atom is 0.251 e. The van der Waals surface area contributed by atoms with Crippen molar-refractivity contribution in [2.75, 3.05) is 0 Å². The second kappa shape index (κ2) is 5.19. The van der Waals surface area contributed by atoms with Gasteiger partial charge in [-0.2, -0.15) is 0 Å². The van der Waals surface area contributed by atoms with Crippen LogP contribution in [-0.4, -0.2) is 10.4 Å². The van der Waals surface area contributed by atoms with Crippen molar-refractivity contribution >= 4 is 17.4 Å². The van der Waals surface area contributed by atoms with E-state index < -0.39 is 0 Å². The second-order valence-electron chi connectivity index (χ2n) is 4.02. The third-order valence-corrected chi connectivity index (χ3v) is 2.99. The van der Waals surface area contributed by atoms with E-state index in [4.69, 9.17) is 11.6 Å². The lowest BCUT2D eigenvalue weighted by Gasteiger charge is -2.08. The van der Waals surface area contributed by atoms with Gasteiger partial charge in [0.2, 0.25) is 0 Å². The molecule has 0 bridgehead atoms. The van der Waals surface area contributed by atoms with Crippen LogP contribution in [0.4, 0.5) is 0 Å². The number of aromatic nitrogens is 1. The smallest absolute Gasteiger partial charge is 0.251 e. The van der Waals surface area contributed by atoms with Gasteiger partial charge >= 0.3 is 0 Å². The summed E-state index contributed by atoms with van der Waals surface area (Å²) in [4.78, 5) is 23.7. The van der Waals surface area contributed by atoms with Gasteiger partial charge < -0.3 is 4.57 Å². The summed E-state index contributed by atoms with van der Waals surface area (Å²) in [6.07, 6.45) is 0. The van der Waals surface area contributed by atoms with Crippen molar-refractivity contribution in [2.24, 2.45) is 0 Å². The molecule has 92 valence electrons. The Balaban J connectivity index is 2.27. The van der Waals surface area contributed by atoms with Crippen LogP contribution in [0.2, 0.25) is 5.02 Å². The molecule has 0 fully saturated rings. The van der Waals surface area contributed by atoms with E-state index in [1.54, 1.807) is 43.3 Å². The summed E-state index contributed by atoms with van der Waals surface area (Å²) in [6, 6.07) is 11.6. The van der Waals surface area contributed by atoms with Crippen molar-refractivity contribution in [2.45, 2.75) is 13.5 Å². The Morgan fingerprint density at radius 2 is 1.83 bits per heavy atom. The number of carbonyl (C=O) groups excluding carboxylic acids is 1. The van der Waals surface area contributed by atoms with Gasteiger partial charge in [0.1, 0.15) is 0 Å². The molecular weight excluding hydrogens is 250 g/mol. The van der Waals surface area contributed by atoms with E-state index in [0.29, 0.717) is 10.6 Å². The third kappa shape index (κ3) is 2.68. The molecule has 0 aliphatic carbocycles. The van der Waals surface area contributed by atoms with Gasteiger partial charge in [-0.05, 0) is 37.3 Å². The summed E-state index contributed by atoms with van der Waals surface area (Å²) in [7, 11) is 0. The summed E-state index contributed by atoms with van der Waals surface area (Å²) < 4.78 is 1.46. The van der Waals surface area contributed by atoms with Gasteiger partial charge in [0.15, 0.2) is 5.78 Å². The predicted molar refractivity (Wildman–Crippen MR) is 71.2 cm³/mol. The summed E-state index contributed by atoms with van der Waals surface area (Å²) in [5, 5.41) is 0.583. The van der Waals surface area contributed by atoms with Crippen molar-refractivity contribution < 1.29 is 4.79 Å². The van der Waals surface area contributed by atoms with Crippen LogP contribution >= 0.6 is 11.6 Å². The minimum atomic E-state index is -0.169. The third-order valence-electron chi connectivity index (χ3n) is 2.74. The van der Waals surface area contributed by atoms with E-state index in [2.05, 4.69) is 0 Å². The number of carbonyl (C=O) groups is 1. The number of aryl methyl sites for hydroxylation is 1. The summed E-state index contributed by atoms with van der Waals surface area (Å²) in [5.41, 5.74) is 1.15. The highest BCUT2D eigenvalue weighted by atomic mass is 35.5. The molecule has 18 heavy (non-hydrogen) atoms. The minimum absolute atomic E-state index is 0.0487.